The van der Waals surface area contributed by atoms with Crippen LogP contribution in [0.3, 0.4) is 0 Å². The molecule has 0 saturated carbocycles. The quantitative estimate of drug-likeness (QED) is 0.817. The highest BCUT2D eigenvalue weighted by Crippen LogP contribution is 2.31. The van der Waals surface area contributed by atoms with Crippen LogP contribution in [0.1, 0.15) is 21.5 Å². The Labute approximate surface area is 152 Å². The fourth-order valence-electron chi connectivity index (χ4n) is 2.85. The molecule has 1 aliphatic heterocycles. The lowest BCUT2D eigenvalue weighted by Crippen LogP contribution is -2.41. The van der Waals surface area contributed by atoms with Gasteiger partial charge in [0.05, 0.1) is 11.8 Å². The Bertz CT molecular complexity index is 949. The number of aryl methyl sites for hydroxylation is 1. The average molecular weight is 376 g/mol. The highest BCUT2D eigenvalue weighted by Gasteiger charge is 2.32. The first-order valence-corrected chi connectivity index (χ1v) is 9.94. The minimum absolute atomic E-state index is 0.128. The first-order valence-electron chi connectivity index (χ1n) is 7.85. The van der Waals surface area contributed by atoms with E-state index in [1.165, 1.54) is 10.3 Å². The van der Waals surface area contributed by atoms with Gasteiger partial charge in [-0.2, -0.15) is 0 Å². The lowest BCUT2D eigenvalue weighted by Gasteiger charge is -2.29. The van der Waals surface area contributed by atoms with Gasteiger partial charge in [-0.3, -0.25) is 4.79 Å². The topological polar surface area (TPSA) is 54.5 Å². The Morgan fingerprint density at radius 3 is 2.40 bits per heavy atom. The summed E-state index contributed by atoms with van der Waals surface area (Å²) in [4.78, 5) is 14.7. The van der Waals surface area contributed by atoms with Crippen molar-refractivity contribution in [3.63, 3.8) is 0 Å². The van der Waals surface area contributed by atoms with Crippen LogP contribution in [0, 0.1) is 13.8 Å². The van der Waals surface area contributed by atoms with Crippen molar-refractivity contribution >= 4 is 33.0 Å². The maximum atomic E-state index is 13.2. The van der Waals surface area contributed by atoms with Gasteiger partial charge in [0.2, 0.25) is 0 Å². The standard InChI is InChI=1S/C19H18ClNO3S/c1-13-6-8-15(9-7-13)19(22)21(16-10-11-25(23,24)12-16)18-5-3-4-17(20)14(18)2/h3-11,16H,12H2,1-2H3. The molecular weight excluding hydrogens is 358 g/mol. The molecule has 4 nitrogen and oxygen atoms in total. The summed E-state index contributed by atoms with van der Waals surface area (Å²) >= 11 is 6.22. The number of carbonyl (C=O) groups is 1. The number of anilines is 1. The summed E-state index contributed by atoms with van der Waals surface area (Å²) in [6, 6.07) is 11.9. The molecule has 6 heteroatoms. The van der Waals surface area contributed by atoms with Crippen LogP contribution in [0.2, 0.25) is 5.02 Å². The number of hydrogen-bond donors (Lipinski definition) is 0. The Morgan fingerprint density at radius 1 is 1.12 bits per heavy atom. The van der Waals surface area contributed by atoms with Crippen molar-refractivity contribution in [2.75, 3.05) is 10.7 Å². The number of sulfone groups is 1. The molecule has 1 unspecified atom stereocenters. The molecular formula is C19H18ClNO3S. The molecule has 130 valence electrons. The largest absolute Gasteiger partial charge is 0.300 e. The van der Waals surface area contributed by atoms with Crippen molar-refractivity contribution in [1.82, 2.24) is 0 Å². The Morgan fingerprint density at radius 2 is 1.80 bits per heavy atom. The molecule has 0 bridgehead atoms. The zero-order chi connectivity index (χ0) is 18.2. The molecule has 2 aromatic rings. The van der Waals surface area contributed by atoms with Crippen LogP contribution < -0.4 is 4.90 Å². The van der Waals surface area contributed by atoms with Gasteiger partial charge in [0.25, 0.3) is 5.91 Å². The molecule has 0 aromatic heterocycles. The van der Waals surface area contributed by atoms with Crippen LogP contribution in [0.4, 0.5) is 5.69 Å². The highest BCUT2D eigenvalue weighted by atomic mass is 35.5. The van der Waals surface area contributed by atoms with E-state index in [2.05, 4.69) is 0 Å². The third-order valence-corrected chi connectivity index (χ3v) is 6.05. The van der Waals surface area contributed by atoms with Crippen LogP contribution >= 0.6 is 11.6 Å². The van der Waals surface area contributed by atoms with Crippen LogP contribution in [0.5, 0.6) is 0 Å². The van der Waals surface area contributed by atoms with Crippen LogP contribution in [-0.4, -0.2) is 26.1 Å². The van der Waals surface area contributed by atoms with Gasteiger partial charge >= 0.3 is 0 Å². The number of rotatable bonds is 3. The molecule has 2 aromatic carbocycles. The maximum absolute atomic E-state index is 13.2. The van der Waals surface area contributed by atoms with Crippen molar-refractivity contribution < 1.29 is 13.2 Å². The molecule has 3 rings (SSSR count). The van der Waals surface area contributed by atoms with Gasteiger partial charge in [-0.25, -0.2) is 8.42 Å². The minimum atomic E-state index is -3.30. The van der Waals surface area contributed by atoms with Gasteiger partial charge in [-0.05, 0) is 49.8 Å². The number of hydrogen-bond acceptors (Lipinski definition) is 3. The fourth-order valence-corrected chi connectivity index (χ4v) is 4.29. The second-order valence-corrected chi connectivity index (χ2v) is 8.49. The van der Waals surface area contributed by atoms with Crippen molar-refractivity contribution in [1.29, 1.82) is 0 Å². The zero-order valence-corrected chi connectivity index (χ0v) is 15.5. The molecule has 0 spiro atoms. The van der Waals surface area contributed by atoms with E-state index >= 15 is 0 Å². The summed E-state index contributed by atoms with van der Waals surface area (Å²) in [5.41, 5.74) is 2.90. The van der Waals surface area contributed by atoms with Gasteiger partial charge in [0, 0.05) is 21.7 Å². The van der Waals surface area contributed by atoms with Crippen LogP contribution in [-0.2, 0) is 9.84 Å². The monoisotopic (exact) mass is 375 g/mol. The Hall–Kier alpha value is -2.11. The van der Waals surface area contributed by atoms with Crippen molar-refractivity contribution in [2.45, 2.75) is 19.9 Å². The number of nitrogens with zero attached hydrogens (tertiary/aromatic N) is 1. The number of benzene rings is 2. The SMILES string of the molecule is Cc1ccc(C(=O)N(c2cccc(Cl)c2C)C2C=CS(=O)(=O)C2)cc1. The van der Waals surface area contributed by atoms with E-state index in [4.69, 9.17) is 11.6 Å². The third kappa shape index (κ3) is 3.62. The van der Waals surface area contributed by atoms with E-state index in [0.29, 0.717) is 16.3 Å². The second kappa shape index (κ2) is 6.65. The average Bonchev–Trinajstić information content (AvgIpc) is 2.92. The first-order chi connectivity index (χ1) is 11.8. The summed E-state index contributed by atoms with van der Waals surface area (Å²) < 4.78 is 23.8. The summed E-state index contributed by atoms with van der Waals surface area (Å²) in [5, 5.41) is 1.71. The predicted molar refractivity (Wildman–Crippen MR) is 101 cm³/mol. The molecule has 0 saturated heterocycles. The van der Waals surface area contributed by atoms with Crippen molar-refractivity contribution in [3.05, 3.63) is 75.7 Å². The molecule has 25 heavy (non-hydrogen) atoms. The van der Waals surface area contributed by atoms with E-state index in [0.717, 1.165) is 11.1 Å². The van der Waals surface area contributed by atoms with E-state index in [-0.39, 0.29) is 11.7 Å². The summed E-state index contributed by atoms with van der Waals surface area (Å²) in [6.07, 6.45) is 1.56. The van der Waals surface area contributed by atoms with E-state index in [1.54, 1.807) is 36.4 Å². The summed E-state index contributed by atoms with van der Waals surface area (Å²) in [7, 11) is -3.30. The first kappa shape index (κ1) is 17.7. The molecule has 1 heterocycles. The fraction of sp³-hybridized carbons (Fsp3) is 0.211. The number of carbonyl (C=O) groups excluding carboxylic acids is 1. The Kier molecular flexibility index (Phi) is 4.71. The maximum Gasteiger partial charge on any atom is 0.258 e. The smallest absolute Gasteiger partial charge is 0.258 e. The number of amides is 1. The van der Waals surface area contributed by atoms with Gasteiger partial charge in [-0.1, -0.05) is 35.4 Å². The molecule has 1 atom stereocenters. The van der Waals surface area contributed by atoms with Gasteiger partial charge < -0.3 is 4.90 Å². The molecule has 0 radical (unpaired) electrons. The molecule has 0 aliphatic carbocycles. The molecule has 1 amide bonds. The van der Waals surface area contributed by atoms with Crippen molar-refractivity contribution in [2.24, 2.45) is 0 Å². The van der Waals surface area contributed by atoms with Gasteiger partial charge in [0.15, 0.2) is 9.84 Å². The van der Waals surface area contributed by atoms with Gasteiger partial charge in [0.1, 0.15) is 0 Å². The summed E-state index contributed by atoms with van der Waals surface area (Å²) in [5.74, 6) is -0.381. The number of halogens is 1. The predicted octanol–water partition coefficient (Wildman–Crippen LogP) is 3.91. The Balaban J connectivity index is 2.09. The normalized spacial score (nSPS) is 18.3. The minimum Gasteiger partial charge on any atom is -0.300 e. The zero-order valence-electron chi connectivity index (χ0n) is 13.9. The third-order valence-electron chi connectivity index (χ3n) is 4.26. The second-order valence-electron chi connectivity index (χ2n) is 6.15. The van der Waals surface area contributed by atoms with E-state index < -0.39 is 15.9 Å². The molecule has 0 N–H and O–H groups in total. The van der Waals surface area contributed by atoms with Crippen molar-refractivity contribution in [3.8, 4) is 0 Å². The molecule has 1 aliphatic rings. The highest BCUT2D eigenvalue weighted by molar-refractivity contribution is 7.94. The lowest BCUT2D eigenvalue weighted by atomic mass is 10.1. The van der Waals surface area contributed by atoms with Crippen LogP contribution in [0.15, 0.2) is 53.9 Å². The van der Waals surface area contributed by atoms with Crippen LogP contribution in [0.25, 0.3) is 0 Å². The molecule has 0 fully saturated rings. The van der Waals surface area contributed by atoms with E-state index in [1.807, 2.05) is 26.0 Å². The van der Waals surface area contributed by atoms with Gasteiger partial charge in [-0.15, -0.1) is 0 Å². The van der Waals surface area contributed by atoms with E-state index in [9.17, 15) is 13.2 Å². The lowest BCUT2D eigenvalue weighted by molar-refractivity contribution is 0.0983. The summed E-state index contributed by atoms with van der Waals surface area (Å²) in [6.45, 7) is 3.76.